The predicted octanol–water partition coefficient (Wildman–Crippen LogP) is 4.37. The maximum Gasteiger partial charge on any atom is 0.261 e. The molecule has 0 aromatic heterocycles. The topological polar surface area (TPSA) is 41.6 Å². The van der Waals surface area contributed by atoms with Gasteiger partial charge < -0.3 is 10.1 Å². The lowest BCUT2D eigenvalue weighted by Gasteiger charge is -2.18. The Morgan fingerprint density at radius 2 is 1.71 bits per heavy atom. The third-order valence-electron chi connectivity index (χ3n) is 5.51. The molecule has 0 saturated carbocycles. The molecule has 0 bridgehead atoms. The number of carbonyl (C=O) groups excluding carboxylic acids is 1. The Morgan fingerprint density at radius 1 is 1.04 bits per heavy atom. The fourth-order valence-corrected chi connectivity index (χ4v) is 3.54. The molecule has 1 aliphatic heterocycles. The fraction of sp³-hybridized carbons (Fsp3) is 0.458. The van der Waals surface area contributed by atoms with Crippen LogP contribution in [0.5, 0.6) is 5.75 Å². The van der Waals surface area contributed by atoms with Crippen molar-refractivity contribution >= 4 is 5.91 Å². The molecule has 1 N–H and O–H groups in total. The first-order valence-electron chi connectivity index (χ1n) is 10.4. The number of hydrogen-bond acceptors (Lipinski definition) is 3. The van der Waals surface area contributed by atoms with E-state index in [-0.39, 0.29) is 5.91 Å². The maximum atomic E-state index is 12.6. The van der Waals surface area contributed by atoms with Crippen molar-refractivity contribution in [2.45, 2.75) is 59.2 Å². The molecule has 150 valence electrons. The number of ether oxygens (including phenoxy) is 1. The zero-order valence-electron chi connectivity index (χ0n) is 17.3. The van der Waals surface area contributed by atoms with E-state index in [1.165, 1.54) is 42.6 Å². The summed E-state index contributed by atoms with van der Waals surface area (Å²) in [6.45, 7) is 10.0. The van der Waals surface area contributed by atoms with Gasteiger partial charge in [-0.05, 0) is 80.6 Å². The summed E-state index contributed by atoms with van der Waals surface area (Å²) in [4.78, 5) is 15.1. The largest absolute Gasteiger partial charge is 0.481 e. The van der Waals surface area contributed by atoms with Gasteiger partial charge in [-0.1, -0.05) is 37.3 Å². The molecule has 4 heteroatoms. The third kappa shape index (κ3) is 5.59. The number of carbonyl (C=O) groups is 1. The highest BCUT2D eigenvalue weighted by molar-refractivity contribution is 5.81. The Morgan fingerprint density at radius 3 is 2.36 bits per heavy atom. The highest BCUT2D eigenvalue weighted by Gasteiger charge is 2.18. The van der Waals surface area contributed by atoms with E-state index in [1.54, 1.807) is 0 Å². The van der Waals surface area contributed by atoms with Gasteiger partial charge in [-0.3, -0.25) is 9.69 Å². The zero-order chi connectivity index (χ0) is 19.9. The number of aryl methyl sites for hydroxylation is 2. The minimum absolute atomic E-state index is 0.0677. The van der Waals surface area contributed by atoms with Crippen LogP contribution in [0.3, 0.4) is 0 Å². The summed E-state index contributed by atoms with van der Waals surface area (Å²) < 4.78 is 5.93. The van der Waals surface area contributed by atoms with E-state index < -0.39 is 6.10 Å². The lowest BCUT2D eigenvalue weighted by molar-refractivity contribution is -0.128. The van der Waals surface area contributed by atoms with Crippen LogP contribution in [0.2, 0.25) is 0 Å². The second-order valence-electron chi connectivity index (χ2n) is 7.78. The average molecular weight is 381 g/mol. The van der Waals surface area contributed by atoms with Crippen LogP contribution in [0.25, 0.3) is 0 Å². The van der Waals surface area contributed by atoms with Gasteiger partial charge in [-0.15, -0.1) is 0 Å². The Balaban J connectivity index is 1.50. The van der Waals surface area contributed by atoms with Crippen LogP contribution < -0.4 is 10.1 Å². The number of likely N-dealkylation sites (tertiary alicyclic amines) is 1. The lowest BCUT2D eigenvalue weighted by Crippen LogP contribution is -2.37. The Labute approximate surface area is 168 Å². The molecule has 0 radical (unpaired) electrons. The van der Waals surface area contributed by atoms with Gasteiger partial charge in [0.2, 0.25) is 0 Å². The van der Waals surface area contributed by atoms with E-state index in [0.29, 0.717) is 13.0 Å². The normalized spacial score (nSPS) is 15.4. The van der Waals surface area contributed by atoms with E-state index in [1.807, 2.05) is 25.1 Å². The smallest absolute Gasteiger partial charge is 0.261 e. The molecule has 1 amide bonds. The molecule has 1 atom stereocenters. The van der Waals surface area contributed by atoms with Crippen LogP contribution in [-0.2, 0) is 17.9 Å². The Hall–Kier alpha value is -2.33. The van der Waals surface area contributed by atoms with Crippen molar-refractivity contribution in [1.29, 1.82) is 0 Å². The summed E-state index contributed by atoms with van der Waals surface area (Å²) in [5, 5.41) is 3.01. The van der Waals surface area contributed by atoms with Crippen molar-refractivity contribution in [2.24, 2.45) is 0 Å². The molecule has 1 fully saturated rings. The molecule has 1 heterocycles. The summed E-state index contributed by atoms with van der Waals surface area (Å²) in [7, 11) is 0. The van der Waals surface area contributed by atoms with Gasteiger partial charge in [0.1, 0.15) is 5.75 Å². The molecule has 0 spiro atoms. The molecule has 3 rings (SSSR count). The molecule has 1 aliphatic rings. The Kier molecular flexibility index (Phi) is 7.10. The average Bonchev–Trinajstić information content (AvgIpc) is 3.21. The van der Waals surface area contributed by atoms with Gasteiger partial charge in [0.05, 0.1) is 0 Å². The summed E-state index contributed by atoms with van der Waals surface area (Å²) >= 11 is 0. The van der Waals surface area contributed by atoms with E-state index in [2.05, 4.69) is 48.3 Å². The third-order valence-corrected chi connectivity index (χ3v) is 5.51. The molecule has 1 unspecified atom stereocenters. The van der Waals surface area contributed by atoms with Crippen LogP contribution in [0, 0.1) is 13.8 Å². The zero-order valence-corrected chi connectivity index (χ0v) is 17.3. The quantitative estimate of drug-likeness (QED) is 0.739. The highest BCUT2D eigenvalue weighted by atomic mass is 16.5. The second-order valence-corrected chi connectivity index (χ2v) is 7.78. The van der Waals surface area contributed by atoms with Gasteiger partial charge in [-0.2, -0.15) is 0 Å². The monoisotopic (exact) mass is 380 g/mol. The molecule has 4 nitrogen and oxygen atoms in total. The number of nitrogens with zero attached hydrogens (tertiary/aromatic N) is 1. The molecule has 2 aromatic rings. The lowest BCUT2D eigenvalue weighted by atomic mass is 10.1. The van der Waals surface area contributed by atoms with E-state index in [9.17, 15) is 4.79 Å². The number of nitrogens with one attached hydrogen (secondary N) is 1. The van der Waals surface area contributed by atoms with Crippen LogP contribution in [0.15, 0.2) is 42.5 Å². The molecule has 2 aromatic carbocycles. The highest BCUT2D eigenvalue weighted by Crippen LogP contribution is 2.19. The van der Waals surface area contributed by atoms with Gasteiger partial charge >= 0.3 is 0 Å². The van der Waals surface area contributed by atoms with Crippen molar-refractivity contribution < 1.29 is 9.53 Å². The van der Waals surface area contributed by atoms with Gasteiger partial charge in [0.25, 0.3) is 5.91 Å². The number of rotatable bonds is 8. The first-order valence-corrected chi connectivity index (χ1v) is 10.4. The Bertz CT molecular complexity index is 780. The van der Waals surface area contributed by atoms with E-state index in [0.717, 1.165) is 17.9 Å². The van der Waals surface area contributed by atoms with Gasteiger partial charge in [0, 0.05) is 13.1 Å². The van der Waals surface area contributed by atoms with Crippen LogP contribution in [-0.4, -0.2) is 30.0 Å². The summed E-state index contributed by atoms with van der Waals surface area (Å²) in [5.41, 5.74) is 4.83. The van der Waals surface area contributed by atoms with E-state index >= 15 is 0 Å². The summed E-state index contributed by atoms with van der Waals surface area (Å²) in [6, 6.07) is 14.5. The maximum absolute atomic E-state index is 12.6. The number of hydrogen-bond donors (Lipinski definition) is 1. The van der Waals surface area contributed by atoms with Crippen molar-refractivity contribution in [3.05, 3.63) is 64.7 Å². The second kappa shape index (κ2) is 9.74. The molecule has 28 heavy (non-hydrogen) atoms. The van der Waals surface area contributed by atoms with Crippen LogP contribution in [0.1, 0.15) is 48.4 Å². The fourth-order valence-electron chi connectivity index (χ4n) is 3.54. The first kappa shape index (κ1) is 20.4. The van der Waals surface area contributed by atoms with Crippen molar-refractivity contribution in [1.82, 2.24) is 10.2 Å². The SMILES string of the molecule is CCC(Oc1ccc(C)c(C)c1)C(=O)NCc1ccc(CN2CCCC2)cc1. The molecule has 0 aliphatic carbocycles. The molecular formula is C24H32N2O2. The number of amides is 1. The predicted molar refractivity (Wildman–Crippen MR) is 113 cm³/mol. The van der Waals surface area contributed by atoms with Crippen LogP contribution in [0.4, 0.5) is 0 Å². The summed E-state index contributed by atoms with van der Waals surface area (Å²) in [6.07, 6.45) is 2.78. The standard InChI is InChI=1S/C24H32N2O2/c1-4-23(28-22-12-7-18(2)19(3)15-22)24(27)25-16-20-8-10-21(11-9-20)17-26-13-5-6-14-26/h7-12,15,23H,4-6,13-14,16-17H2,1-3H3,(H,25,27). The minimum Gasteiger partial charge on any atom is -0.481 e. The minimum atomic E-state index is -0.475. The van der Waals surface area contributed by atoms with Crippen molar-refractivity contribution in [3.63, 3.8) is 0 Å². The first-order chi connectivity index (χ1) is 13.5. The number of benzene rings is 2. The van der Waals surface area contributed by atoms with Crippen LogP contribution >= 0.6 is 0 Å². The van der Waals surface area contributed by atoms with Crippen molar-refractivity contribution in [3.8, 4) is 5.75 Å². The molecular weight excluding hydrogens is 348 g/mol. The van der Waals surface area contributed by atoms with Gasteiger partial charge in [0.15, 0.2) is 6.10 Å². The van der Waals surface area contributed by atoms with Gasteiger partial charge in [-0.25, -0.2) is 0 Å². The molecule has 1 saturated heterocycles. The summed E-state index contributed by atoms with van der Waals surface area (Å²) in [5.74, 6) is 0.679. The van der Waals surface area contributed by atoms with Crippen molar-refractivity contribution in [2.75, 3.05) is 13.1 Å². The van der Waals surface area contributed by atoms with E-state index in [4.69, 9.17) is 4.74 Å².